The highest BCUT2D eigenvalue weighted by atomic mass is 16.4. The Bertz CT molecular complexity index is 1390. The summed E-state index contributed by atoms with van der Waals surface area (Å²) in [5.74, 6) is -5.04. The van der Waals surface area contributed by atoms with E-state index in [4.69, 9.17) is 5.73 Å². The van der Waals surface area contributed by atoms with Gasteiger partial charge in [-0.2, -0.15) is 0 Å². The molecule has 2 heterocycles. The largest absolute Gasteiger partial charge is 0.481 e. The van der Waals surface area contributed by atoms with Crippen molar-refractivity contribution in [3.8, 4) is 0 Å². The second-order valence-electron chi connectivity index (χ2n) is 11.4. The zero-order chi connectivity index (χ0) is 32.5. The molecule has 6 N–H and O–H groups in total. The number of aliphatic carboxylic acids is 2. The number of hydrogen-bond donors (Lipinski definition) is 5. The van der Waals surface area contributed by atoms with Gasteiger partial charge in [-0.05, 0) is 43.2 Å². The van der Waals surface area contributed by atoms with Crippen molar-refractivity contribution < 1.29 is 39.0 Å². The molecule has 2 fully saturated rings. The lowest BCUT2D eigenvalue weighted by Crippen LogP contribution is -2.58. The molecular weight excluding hydrogens is 582 g/mol. The molecule has 0 radical (unpaired) electrons. The fraction of sp³-hybridized carbons (Fsp3) is 0.438. The van der Waals surface area contributed by atoms with E-state index in [0.29, 0.717) is 19.3 Å². The van der Waals surface area contributed by atoms with Crippen LogP contribution < -0.4 is 16.4 Å². The predicted molar refractivity (Wildman–Crippen MR) is 161 cm³/mol. The maximum Gasteiger partial charge on any atom is 0.326 e. The Morgan fingerprint density at radius 3 is 1.80 bits per heavy atom. The van der Waals surface area contributed by atoms with E-state index in [1.165, 1.54) is 9.80 Å². The molecule has 45 heavy (non-hydrogen) atoms. The maximum atomic E-state index is 13.7. The first-order chi connectivity index (χ1) is 21.5. The number of nitrogens with zero attached hydrogens (tertiary/aromatic N) is 2. The number of carboxylic acids is 2. The van der Waals surface area contributed by atoms with Crippen LogP contribution in [0.1, 0.15) is 43.2 Å². The second kappa shape index (κ2) is 15.3. The Labute approximate surface area is 260 Å². The van der Waals surface area contributed by atoms with E-state index in [1.54, 1.807) is 48.5 Å². The summed E-state index contributed by atoms with van der Waals surface area (Å²) in [6, 6.07) is 12.3. The third-order valence-electron chi connectivity index (χ3n) is 8.19. The summed E-state index contributed by atoms with van der Waals surface area (Å²) in [5, 5.41) is 24.4. The van der Waals surface area contributed by atoms with Gasteiger partial charge >= 0.3 is 11.9 Å². The van der Waals surface area contributed by atoms with Crippen LogP contribution in [0, 0.1) is 0 Å². The van der Waals surface area contributed by atoms with Gasteiger partial charge in [0.1, 0.15) is 24.2 Å². The number of likely N-dealkylation sites (tertiary alicyclic amines) is 2. The van der Waals surface area contributed by atoms with Crippen LogP contribution in [0.5, 0.6) is 0 Å². The average molecular weight is 622 g/mol. The van der Waals surface area contributed by atoms with Gasteiger partial charge in [0, 0.05) is 19.5 Å². The fourth-order valence-corrected chi connectivity index (χ4v) is 5.92. The lowest BCUT2D eigenvalue weighted by atomic mass is 10.0. The zero-order valence-corrected chi connectivity index (χ0v) is 24.8. The van der Waals surface area contributed by atoms with Crippen LogP contribution in [0.2, 0.25) is 0 Å². The molecular formula is C32H39N5O8. The van der Waals surface area contributed by atoms with Gasteiger partial charge in [0.15, 0.2) is 0 Å². The minimum atomic E-state index is -1.46. The van der Waals surface area contributed by atoms with Crippen molar-refractivity contribution in [1.29, 1.82) is 0 Å². The lowest BCUT2D eigenvalue weighted by Gasteiger charge is -2.31. The number of nitrogens with two attached hydrogens (primary N) is 1. The molecule has 13 heteroatoms. The molecule has 2 aliphatic heterocycles. The van der Waals surface area contributed by atoms with Crippen LogP contribution in [0.3, 0.4) is 0 Å². The number of hydrogen-bond acceptors (Lipinski definition) is 7. The molecule has 13 nitrogen and oxygen atoms in total. The van der Waals surface area contributed by atoms with E-state index in [2.05, 4.69) is 10.6 Å². The van der Waals surface area contributed by atoms with Crippen LogP contribution in [-0.2, 0) is 41.6 Å². The Kier molecular flexibility index (Phi) is 11.3. The first kappa shape index (κ1) is 33.1. The zero-order valence-electron chi connectivity index (χ0n) is 24.8. The number of nitrogens with one attached hydrogen (secondary N) is 2. The van der Waals surface area contributed by atoms with E-state index in [0.717, 1.165) is 11.1 Å². The molecule has 2 aromatic carbocycles. The molecule has 2 aromatic rings. The quantitative estimate of drug-likeness (QED) is 0.209. The lowest BCUT2D eigenvalue weighted by molar-refractivity contribution is -0.150. The van der Waals surface area contributed by atoms with Gasteiger partial charge in [0.25, 0.3) is 0 Å². The van der Waals surface area contributed by atoms with Crippen molar-refractivity contribution in [3.05, 3.63) is 71.8 Å². The smallest absolute Gasteiger partial charge is 0.326 e. The van der Waals surface area contributed by atoms with Crippen LogP contribution in [-0.4, -0.2) is 98.9 Å². The summed E-state index contributed by atoms with van der Waals surface area (Å²) in [7, 11) is 0. The van der Waals surface area contributed by atoms with Crippen LogP contribution in [0.15, 0.2) is 60.7 Å². The average Bonchev–Trinajstić information content (AvgIpc) is 3.71. The van der Waals surface area contributed by atoms with Gasteiger partial charge in [-0.1, -0.05) is 60.7 Å². The number of amides is 4. The molecule has 0 spiro atoms. The number of carboxylic acid groups (broad SMARTS) is 2. The summed E-state index contributed by atoms with van der Waals surface area (Å²) in [6.07, 6.45) is 1.09. The monoisotopic (exact) mass is 621 g/mol. The molecule has 0 bridgehead atoms. The minimum absolute atomic E-state index is 0.103. The molecule has 0 unspecified atom stereocenters. The molecule has 5 atom stereocenters. The van der Waals surface area contributed by atoms with Crippen molar-refractivity contribution in [2.75, 3.05) is 13.1 Å². The standard InChI is InChI=1S/C32H39N5O8/c33-22(17-20-9-3-1-4-10-20)28(40)34-24(19-27(38)39)31(43)36-15-7-13-25(36)29(41)35-23(18-21-11-5-2-6-12-21)30(42)37-16-8-14-26(37)32(44)45/h1-6,9-12,22-26H,7-8,13-19,33H2,(H,34,40)(H,35,41)(H,38,39)(H,44,45)/t22-,23-,24-,25-,26-/m0/s1. The normalized spacial score (nSPS) is 19.8. The van der Waals surface area contributed by atoms with Crippen LogP contribution in [0.4, 0.5) is 0 Å². The molecule has 0 aliphatic carbocycles. The van der Waals surface area contributed by atoms with Crippen molar-refractivity contribution in [3.63, 3.8) is 0 Å². The Hall–Kier alpha value is -4.78. The molecule has 4 amide bonds. The van der Waals surface area contributed by atoms with E-state index in [9.17, 15) is 39.0 Å². The third-order valence-corrected chi connectivity index (χ3v) is 8.19. The summed E-state index contributed by atoms with van der Waals surface area (Å²) in [4.78, 5) is 79.8. The number of carbonyl (C=O) groups is 6. The Balaban J connectivity index is 1.48. The Morgan fingerprint density at radius 1 is 0.733 bits per heavy atom. The first-order valence-corrected chi connectivity index (χ1v) is 15.0. The number of carbonyl (C=O) groups excluding carboxylic acids is 4. The third kappa shape index (κ3) is 8.66. The second-order valence-corrected chi connectivity index (χ2v) is 11.4. The highest BCUT2D eigenvalue weighted by Crippen LogP contribution is 2.22. The van der Waals surface area contributed by atoms with E-state index in [-0.39, 0.29) is 32.4 Å². The highest BCUT2D eigenvalue weighted by Gasteiger charge is 2.42. The molecule has 2 saturated heterocycles. The van der Waals surface area contributed by atoms with E-state index < -0.39 is 72.2 Å². The van der Waals surface area contributed by atoms with Gasteiger partial charge < -0.3 is 36.4 Å². The van der Waals surface area contributed by atoms with Gasteiger partial charge in [0.05, 0.1) is 12.5 Å². The van der Waals surface area contributed by atoms with Gasteiger partial charge in [-0.15, -0.1) is 0 Å². The fourth-order valence-electron chi connectivity index (χ4n) is 5.92. The van der Waals surface area contributed by atoms with Crippen molar-refractivity contribution in [2.45, 2.75) is 75.2 Å². The topological polar surface area (TPSA) is 199 Å². The first-order valence-electron chi connectivity index (χ1n) is 15.0. The van der Waals surface area contributed by atoms with E-state index in [1.807, 2.05) is 12.1 Å². The van der Waals surface area contributed by atoms with Gasteiger partial charge in [0.2, 0.25) is 23.6 Å². The number of rotatable bonds is 13. The van der Waals surface area contributed by atoms with Gasteiger partial charge in [-0.25, -0.2) is 4.79 Å². The maximum absolute atomic E-state index is 13.7. The SMILES string of the molecule is N[C@@H](Cc1ccccc1)C(=O)N[C@@H](CC(=O)O)C(=O)N1CCC[C@H]1C(=O)N[C@@H](Cc1ccccc1)C(=O)N1CCC[C@H]1C(=O)O. The van der Waals surface area contributed by atoms with Crippen LogP contribution in [0.25, 0.3) is 0 Å². The van der Waals surface area contributed by atoms with Crippen molar-refractivity contribution >= 4 is 35.6 Å². The summed E-state index contributed by atoms with van der Waals surface area (Å²) < 4.78 is 0. The minimum Gasteiger partial charge on any atom is -0.481 e. The molecule has 0 saturated carbocycles. The van der Waals surface area contributed by atoms with Crippen molar-refractivity contribution in [1.82, 2.24) is 20.4 Å². The Morgan fingerprint density at radius 2 is 1.24 bits per heavy atom. The van der Waals surface area contributed by atoms with Gasteiger partial charge in [-0.3, -0.25) is 24.0 Å². The van der Waals surface area contributed by atoms with Crippen LogP contribution >= 0.6 is 0 Å². The predicted octanol–water partition coefficient (Wildman–Crippen LogP) is 0.310. The summed E-state index contributed by atoms with van der Waals surface area (Å²) in [6.45, 7) is 0.386. The van der Waals surface area contributed by atoms with E-state index >= 15 is 0 Å². The molecule has 2 aliphatic rings. The molecule has 0 aromatic heterocycles. The van der Waals surface area contributed by atoms with Crippen molar-refractivity contribution in [2.24, 2.45) is 5.73 Å². The summed E-state index contributed by atoms with van der Waals surface area (Å²) >= 11 is 0. The molecule has 240 valence electrons. The molecule has 4 rings (SSSR count). The summed E-state index contributed by atoms with van der Waals surface area (Å²) in [5.41, 5.74) is 7.60. The highest BCUT2D eigenvalue weighted by molar-refractivity contribution is 5.97. The number of benzene rings is 2.